The number of aromatic amines is 1. The largest absolute Gasteiger partial charge is 0.328 e. The van der Waals surface area contributed by atoms with E-state index < -0.39 is 18.0 Å². The SMILES string of the molecule is O=C1NC(=O)[C@H](C#Cc2ccc[nH]c2=O)N1. The molecule has 0 aromatic carbocycles. The first-order chi connectivity index (χ1) is 7.66. The number of hydrogen-bond acceptors (Lipinski definition) is 3. The Balaban J connectivity index is 2.23. The van der Waals surface area contributed by atoms with Gasteiger partial charge in [-0.3, -0.25) is 14.9 Å². The zero-order valence-electron chi connectivity index (χ0n) is 8.03. The van der Waals surface area contributed by atoms with E-state index in [0.717, 1.165) is 0 Å². The number of carbonyl (C=O) groups excluding carboxylic acids is 2. The third-order valence-electron chi connectivity index (χ3n) is 1.94. The van der Waals surface area contributed by atoms with Crippen molar-refractivity contribution in [3.8, 4) is 11.8 Å². The van der Waals surface area contributed by atoms with Crippen LogP contribution < -0.4 is 16.2 Å². The molecule has 6 heteroatoms. The molecule has 0 spiro atoms. The Morgan fingerprint density at radius 2 is 2.06 bits per heavy atom. The van der Waals surface area contributed by atoms with Gasteiger partial charge < -0.3 is 10.3 Å². The Bertz CT molecular complexity index is 564. The summed E-state index contributed by atoms with van der Waals surface area (Å²) < 4.78 is 0. The summed E-state index contributed by atoms with van der Waals surface area (Å²) in [6.45, 7) is 0. The fourth-order valence-electron chi connectivity index (χ4n) is 1.19. The van der Waals surface area contributed by atoms with Gasteiger partial charge in [-0.15, -0.1) is 0 Å². The van der Waals surface area contributed by atoms with Crippen molar-refractivity contribution in [1.82, 2.24) is 15.6 Å². The van der Waals surface area contributed by atoms with Gasteiger partial charge in [0.15, 0.2) is 6.04 Å². The van der Waals surface area contributed by atoms with Crippen molar-refractivity contribution in [2.24, 2.45) is 0 Å². The number of pyridine rings is 1. The zero-order chi connectivity index (χ0) is 11.5. The van der Waals surface area contributed by atoms with Gasteiger partial charge in [0, 0.05) is 6.20 Å². The lowest BCUT2D eigenvalue weighted by Gasteiger charge is -1.94. The summed E-state index contributed by atoms with van der Waals surface area (Å²) in [5.41, 5.74) is -0.0869. The minimum absolute atomic E-state index is 0.247. The molecule has 16 heavy (non-hydrogen) atoms. The molecule has 3 amide bonds. The van der Waals surface area contributed by atoms with E-state index in [0.29, 0.717) is 0 Å². The van der Waals surface area contributed by atoms with Gasteiger partial charge in [0.1, 0.15) is 0 Å². The molecule has 0 saturated carbocycles. The van der Waals surface area contributed by atoms with Gasteiger partial charge in [-0.1, -0.05) is 11.8 Å². The van der Waals surface area contributed by atoms with Crippen molar-refractivity contribution in [2.45, 2.75) is 6.04 Å². The fourth-order valence-corrected chi connectivity index (χ4v) is 1.19. The lowest BCUT2D eigenvalue weighted by molar-refractivity contribution is -0.119. The summed E-state index contributed by atoms with van der Waals surface area (Å²) in [7, 11) is 0. The van der Waals surface area contributed by atoms with Crippen molar-refractivity contribution in [3.63, 3.8) is 0 Å². The summed E-state index contributed by atoms with van der Waals surface area (Å²) in [6.07, 6.45) is 1.48. The quantitative estimate of drug-likeness (QED) is 0.382. The molecule has 3 N–H and O–H groups in total. The maximum Gasteiger partial charge on any atom is 0.322 e. The third kappa shape index (κ3) is 1.93. The highest BCUT2D eigenvalue weighted by molar-refractivity contribution is 6.05. The van der Waals surface area contributed by atoms with Crippen molar-refractivity contribution in [1.29, 1.82) is 0 Å². The number of carbonyl (C=O) groups is 2. The Hall–Kier alpha value is -2.55. The molecule has 0 radical (unpaired) electrons. The maximum absolute atomic E-state index is 11.2. The molecule has 1 atom stereocenters. The second kappa shape index (κ2) is 3.90. The van der Waals surface area contributed by atoms with E-state index in [4.69, 9.17) is 0 Å². The number of nitrogens with one attached hydrogen (secondary N) is 3. The van der Waals surface area contributed by atoms with Gasteiger partial charge in [-0.05, 0) is 12.1 Å². The predicted molar refractivity (Wildman–Crippen MR) is 54.4 cm³/mol. The molecule has 0 aliphatic carbocycles. The van der Waals surface area contributed by atoms with E-state index in [1.165, 1.54) is 12.3 Å². The van der Waals surface area contributed by atoms with Gasteiger partial charge >= 0.3 is 6.03 Å². The van der Waals surface area contributed by atoms with Crippen LogP contribution in [0.25, 0.3) is 0 Å². The highest BCUT2D eigenvalue weighted by Crippen LogP contribution is 1.92. The second-order valence-corrected chi connectivity index (χ2v) is 3.08. The van der Waals surface area contributed by atoms with Crippen LogP contribution in [0.3, 0.4) is 0 Å². The first-order valence-electron chi connectivity index (χ1n) is 4.47. The van der Waals surface area contributed by atoms with E-state index in [1.807, 2.05) is 5.32 Å². The Kier molecular flexibility index (Phi) is 2.44. The van der Waals surface area contributed by atoms with Crippen molar-refractivity contribution >= 4 is 11.9 Å². The molecular formula is C10H7N3O3. The molecule has 2 heterocycles. The van der Waals surface area contributed by atoms with Crippen molar-refractivity contribution < 1.29 is 9.59 Å². The average Bonchev–Trinajstić information content (AvgIpc) is 2.56. The normalized spacial score (nSPS) is 18.4. The van der Waals surface area contributed by atoms with Crippen LogP contribution in [0.5, 0.6) is 0 Å². The number of urea groups is 1. The summed E-state index contributed by atoms with van der Waals surface area (Å²) in [4.78, 5) is 35.5. The number of rotatable bonds is 0. The van der Waals surface area contributed by atoms with Crippen LogP contribution in [0, 0.1) is 11.8 Å². The van der Waals surface area contributed by atoms with Crippen molar-refractivity contribution in [3.05, 3.63) is 34.2 Å². The van der Waals surface area contributed by atoms with Crippen LogP contribution in [0.4, 0.5) is 4.79 Å². The topological polar surface area (TPSA) is 91.1 Å². The summed E-state index contributed by atoms with van der Waals surface area (Å²) in [6, 6.07) is 1.68. The molecule has 1 aliphatic heterocycles. The lowest BCUT2D eigenvalue weighted by atomic mass is 10.2. The molecule has 0 bridgehead atoms. The Morgan fingerprint density at radius 1 is 1.25 bits per heavy atom. The average molecular weight is 217 g/mol. The lowest BCUT2D eigenvalue weighted by Crippen LogP contribution is -2.27. The van der Waals surface area contributed by atoms with Gasteiger partial charge in [0.2, 0.25) is 0 Å². The Labute approximate surface area is 90.1 Å². The van der Waals surface area contributed by atoms with Crippen molar-refractivity contribution in [2.75, 3.05) is 0 Å². The molecular weight excluding hydrogens is 210 g/mol. The Morgan fingerprint density at radius 3 is 2.69 bits per heavy atom. The highest BCUT2D eigenvalue weighted by Gasteiger charge is 2.27. The molecule has 1 saturated heterocycles. The van der Waals surface area contributed by atoms with Crippen LogP contribution >= 0.6 is 0 Å². The van der Waals surface area contributed by atoms with E-state index in [2.05, 4.69) is 22.1 Å². The number of aromatic nitrogens is 1. The van der Waals surface area contributed by atoms with E-state index in [1.54, 1.807) is 6.07 Å². The standard InChI is InChI=1S/C10H7N3O3/c14-8-6(2-1-5-11-8)3-4-7-9(15)13-10(16)12-7/h1-2,5,7H,(H,11,14)(H2,12,13,15,16)/t7-/m0/s1. The van der Waals surface area contributed by atoms with E-state index >= 15 is 0 Å². The monoisotopic (exact) mass is 217 g/mol. The first-order valence-corrected chi connectivity index (χ1v) is 4.47. The summed E-state index contributed by atoms with van der Waals surface area (Å²) in [5, 5.41) is 4.35. The molecule has 2 rings (SSSR count). The summed E-state index contributed by atoms with van der Waals surface area (Å²) >= 11 is 0. The third-order valence-corrected chi connectivity index (χ3v) is 1.94. The minimum atomic E-state index is -0.896. The molecule has 1 aromatic heterocycles. The molecule has 1 aromatic rings. The van der Waals surface area contributed by atoms with E-state index in [-0.39, 0.29) is 11.1 Å². The van der Waals surface area contributed by atoms with Crippen LogP contribution in [0.15, 0.2) is 23.1 Å². The van der Waals surface area contributed by atoms with Gasteiger partial charge in [-0.2, -0.15) is 0 Å². The summed E-state index contributed by atoms with van der Waals surface area (Å²) in [5.74, 6) is 4.53. The van der Waals surface area contributed by atoms with Crippen LogP contribution in [0.1, 0.15) is 5.56 Å². The van der Waals surface area contributed by atoms with Crippen LogP contribution in [0.2, 0.25) is 0 Å². The number of hydrogen-bond donors (Lipinski definition) is 3. The van der Waals surface area contributed by atoms with Crippen LogP contribution in [-0.4, -0.2) is 23.0 Å². The first kappa shape index (κ1) is 9.98. The fraction of sp³-hybridized carbons (Fsp3) is 0.100. The van der Waals surface area contributed by atoms with E-state index in [9.17, 15) is 14.4 Å². The van der Waals surface area contributed by atoms with Gasteiger partial charge in [0.05, 0.1) is 5.56 Å². The number of amides is 3. The molecule has 80 valence electrons. The molecule has 6 nitrogen and oxygen atoms in total. The number of H-pyrrole nitrogens is 1. The molecule has 1 fully saturated rings. The maximum atomic E-state index is 11.2. The molecule has 1 aliphatic rings. The zero-order valence-corrected chi connectivity index (χ0v) is 8.03. The minimum Gasteiger partial charge on any atom is -0.328 e. The van der Waals surface area contributed by atoms with Gasteiger partial charge in [0.25, 0.3) is 11.5 Å². The number of imide groups is 1. The molecule has 0 unspecified atom stereocenters. The van der Waals surface area contributed by atoms with Gasteiger partial charge in [-0.25, -0.2) is 4.79 Å². The second-order valence-electron chi connectivity index (χ2n) is 3.08. The smallest absolute Gasteiger partial charge is 0.322 e. The highest BCUT2D eigenvalue weighted by atomic mass is 16.2. The van der Waals surface area contributed by atoms with Crippen LogP contribution in [-0.2, 0) is 4.79 Å². The predicted octanol–water partition coefficient (Wildman–Crippen LogP) is -1.07.